The molecular formula is C10H20N2O4S. The van der Waals surface area contributed by atoms with E-state index < -0.39 is 10.2 Å². The standard InChI is InChI=1S/C10H20N2O4S/c1-15-10-8-16-7-4-9(10)11-17(13,14)12-5-2-3-6-12/h9-11H,2-8H2,1H3/t9-,10-/m0/s1. The molecule has 2 atom stereocenters. The molecule has 0 aromatic carbocycles. The summed E-state index contributed by atoms with van der Waals surface area (Å²) >= 11 is 0. The summed E-state index contributed by atoms with van der Waals surface area (Å²) in [4.78, 5) is 0. The lowest BCUT2D eigenvalue weighted by atomic mass is 10.1. The third kappa shape index (κ3) is 3.17. The SMILES string of the molecule is CO[C@H]1COCC[C@@H]1NS(=O)(=O)N1CCCC1. The maximum atomic E-state index is 12.1. The highest BCUT2D eigenvalue weighted by atomic mass is 32.2. The lowest BCUT2D eigenvalue weighted by Crippen LogP contribution is -2.53. The highest BCUT2D eigenvalue weighted by molar-refractivity contribution is 7.87. The molecule has 0 amide bonds. The Morgan fingerprint density at radius 2 is 2.06 bits per heavy atom. The molecule has 2 aliphatic rings. The van der Waals surface area contributed by atoms with Crippen molar-refractivity contribution in [3.8, 4) is 0 Å². The minimum Gasteiger partial charge on any atom is -0.379 e. The predicted molar refractivity (Wildman–Crippen MR) is 62.9 cm³/mol. The molecule has 0 aliphatic carbocycles. The predicted octanol–water partition coefficient (Wildman–Crippen LogP) is -0.279. The van der Waals surface area contributed by atoms with Crippen molar-refractivity contribution in [1.29, 1.82) is 0 Å². The number of hydrogen-bond donors (Lipinski definition) is 1. The Labute approximate surface area is 102 Å². The van der Waals surface area contributed by atoms with Gasteiger partial charge in [0.25, 0.3) is 10.2 Å². The number of nitrogens with zero attached hydrogens (tertiary/aromatic N) is 1. The van der Waals surface area contributed by atoms with Gasteiger partial charge in [0.15, 0.2) is 0 Å². The Hall–Kier alpha value is -0.210. The molecule has 2 heterocycles. The van der Waals surface area contributed by atoms with E-state index in [4.69, 9.17) is 9.47 Å². The molecule has 100 valence electrons. The van der Waals surface area contributed by atoms with Gasteiger partial charge in [-0.3, -0.25) is 0 Å². The molecule has 0 aromatic heterocycles. The summed E-state index contributed by atoms with van der Waals surface area (Å²) in [5.74, 6) is 0. The van der Waals surface area contributed by atoms with Crippen LogP contribution in [0.25, 0.3) is 0 Å². The van der Waals surface area contributed by atoms with E-state index >= 15 is 0 Å². The van der Waals surface area contributed by atoms with Crippen LogP contribution in [-0.4, -0.2) is 58.3 Å². The van der Waals surface area contributed by atoms with E-state index in [0.717, 1.165) is 12.8 Å². The number of hydrogen-bond acceptors (Lipinski definition) is 4. The Morgan fingerprint density at radius 3 is 2.71 bits per heavy atom. The van der Waals surface area contributed by atoms with Gasteiger partial charge in [-0.1, -0.05) is 0 Å². The second kappa shape index (κ2) is 5.62. The molecule has 0 spiro atoms. The molecule has 1 N–H and O–H groups in total. The Bertz CT molecular complexity index is 340. The van der Waals surface area contributed by atoms with Gasteiger partial charge in [0.2, 0.25) is 0 Å². The van der Waals surface area contributed by atoms with Crippen LogP contribution >= 0.6 is 0 Å². The van der Waals surface area contributed by atoms with Crippen molar-refractivity contribution >= 4 is 10.2 Å². The largest absolute Gasteiger partial charge is 0.379 e. The van der Waals surface area contributed by atoms with Crippen LogP contribution in [0.15, 0.2) is 0 Å². The average Bonchev–Trinajstić information content (AvgIpc) is 2.83. The summed E-state index contributed by atoms with van der Waals surface area (Å²) in [5.41, 5.74) is 0. The van der Waals surface area contributed by atoms with E-state index in [1.54, 1.807) is 7.11 Å². The Balaban J connectivity index is 1.98. The van der Waals surface area contributed by atoms with Crippen molar-refractivity contribution in [2.45, 2.75) is 31.4 Å². The fraction of sp³-hybridized carbons (Fsp3) is 1.00. The lowest BCUT2D eigenvalue weighted by molar-refractivity contribution is -0.0450. The molecule has 2 saturated heterocycles. The monoisotopic (exact) mass is 264 g/mol. The first kappa shape index (κ1) is 13.2. The molecule has 2 fully saturated rings. The maximum absolute atomic E-state index is 12.1. The summed E-state index contributed by atoms with van der Waals surface area (Å²) in [6, 6.07) is -0.181. The number of rotatable bonds is 4. The van der Waals surface area contributed by atoms with Crippen LogP contribution in [0.1, 0.15) is 19.3 Å². The van der Waals surface area contributed by atoms with Crippen LogP contribution < -0.4 is 4.72 Å². The quantitative estimate of drug-likeness (QED) is 0.758. The summed E-state index contributed by atoms with van der Waals surface area (Å²) in [6.07, 6.45) is 2.36. The second-order valence-corrected chi connectivity index (χ2v) is 6.18. The first-order chi connectivity index (χ1) is 8.13. The fourth-order valence-electron chi connectivity index (χ4n) is 2.27. The molecule has 17 heavy (non-hydrogen) atoms. The zero-order valence-corrected chi connectivity index (χ0v) is 10.9. The van der Waals surface area contributed by atoms with E-state index in [1.165, 1.54) is 4.31 Å². The third-order valence-electron chi connectivity index (χ3n) is 3.31. The van der Waals surface area contributed by atoms with E-state index in [9.17, 15) is 8.42 Å². The van der Waals surface area contributed by atoms with Crippen molar-refractivity contribution in [3.05, 3.63) is 0 Å². The van der Waals surface area contributed by atoms with Crippen molar-refractivity contribution in [2.24, 2.45) is 0 Å². The highest BCUT2D eigenvalue weighted by Gasteiger charge is 2.33. The van der Waals surface area contributed by atoms with Gasteiger partial charge in [0, 0.05) is 26.8 Å². The molecule has 0 aromatic rings. The van der Waals surface area contributed by atoms with Gasteiger partial charge in [0.05, 0.1) is 18.8 Å². The molecule has 2 aliphatic heterocycles. The zero-order chi connectivity index (χ0) is 12.3. The summed E-state index contributed by atoms with van der Waals surface area (Å²) < 4.78 is 38.9. The molecular weight excluding hydrogens is 244 g/mol. The van der Waals surface area contributed by atoms with Crippen molar-refractivity contribution in [1.82, 2.24) is 9.03 Å². The molecule has 0 bridgehead atoms. The van der Waals surface area contributed by atoms with Crippen molar-refractivity contribution in [3.63, 3.8) is 0 Å². The fourth-order valence-corrected chi connectivity index (χ4v) is 3.81. The zero-order valence-electron chi connectivity index (χ0n) is 10.1. The first-order valence-corrected chi connectivity index (χ1v) is 7.45. The average molecular weight is 264 g/mol. The number of methoxy groups -OCH3 is 1. The summed E-state index contributed by atoms with van der Waals surface area (Å²) in [6.45, 7) is 2.27. The summed E-state index contributed by atoms with van der Waals surface area (Å²) in [5, 5.41) is 0. The number of nitrogens with one attached hydrogen (secondary N) is 1. The lowest BCUT2D eigenvalue weighted by Gasteiger charge is -2.32. The van der Waals surface area contributed by atoms with Gasteiger partial charge >= 0.3 is 0 Å². The maximum Gasteiger partial charge on any atom is 0.279 e. The van der Waals surface area contributed by atoms with E-state index in [2.05, 4.69) is 4.72 Å². The molecule has 0 unspecified atom stereocenters. The molecule has 0 radical (unpaired) electrons. The highest BCUT2D eigenvalue weighted by Crippen LogP contribution is 2.16. The molecule has 0 saturated carbocycles. The van der Waals surface area contributed by atoms with Crippen LogP contribution in [0.5, 0.6) is 0 Å². The van der Waals surface area contributed by atoms with Gasteiger partial charge < -0.3 is 9.47 Å². The van der Waals surface area contributed by atoms with E-state index in [-0.39, 0.29) is 12.1 Å². The molecule has 2 rings (SSSR count). The van der Waals surface area contributed by atoms with E-state index in [0.29, 0.717) is 32.7 Å². The minimum absolute atomic E-state index is 0.181. The molecule has 7 heteroatoms. The summed E-state index contributed by atoms with van der Waals surface area (Å²) in [7, 11) is -1.77. The van der Waals surface area contributed by atoms with E-state index in [1.807, 2.05) is 0 Å². The Morgan fingerprint density at radius 1 is 1.35 bits per heavy atom. The first-order valence-electron chi connectivity index (χ1n) is 6.01. The number of ether oxygens (including phenoxy) is 2. The smallest absolute Gasteiger partial charge is 0.279 e. The van der Waals surface area contributed by atoms with Gasteiger partial charge in [-0.15, -0.1) is 0 Å². The third-order valence-corrected chi connectivity index (χ3v) is 4.96. The van der Waals surface area contributed by atoms with Gasteiger partial charge in [0.1, 0.15) is 0 Å². The van der Waals surface area contributed by atoms with Gasteiger partial charge in [-0.05, 0) is 19.3 Å². The van der Waals surface area contributed by atoms with Gasteiger partial charge in [-0.25, -0.2) is 0 Å². The van der Waals surface area contributed by atoms with Crippen molar-refractivity contribution in [2.75, 3.05) is 33.4 Å². The van der Waals surface area contributed by atoms with Crippen LogP contribution in [0.4, 0.5) is 0 Å². The van der Waals surface area contributed by atoms with Gasteiger partial charge in [-0.2, -0.15) is 17.4 Å². The Kier molecular flexibility index (Phi) is 4.37. The van der Waals surface area contributed by atoms with Crippen LogP contribution in [0.3, 0.4) is 0 Å². The van der Waals surface area contributed by atoms with Crippen LogP contribution in [0.2, 0.25) is 0 Å². The minimum atomic E-state index is -3.35. The van der Waals surface area contributed by atoms with Crippen LogP contribution in [0, 0.1) is 0 Å². The second-order valence-electron chi connectivity index (χ2n) is 4.47. The topological polar surface area (TPSA) is 67.9 Å². The van der Waals surface area contributed by atoms with Crippen molar-refractivity contribution < 1.29 is 17.9 Å². The normalized spacial score (nSPS) is 31.8. The van der Waals surface area contributed by atoms with Crippen LogP contribution in [-0.2, 0) is 19.7 Å². The molecule has 6 nitrogen and oxygen atoms in total.